The smallest absolute Gasteiger partial charge is 0.191 e. The quantitative estimate of drug-likeness (QED) is 0.580. The predicted octanol–water partition coefficient (Wildman–Crippen LogP) is 3.11. The standard InChI is InChI=1S/C20H29N5S/c1-2-21-20(24-15-18-6-3-4-10-22-18)23-14-17-8-11-25(12-9-17)16-19-7-5-13-26-19/h3-7,10,13,17H,2,8-9,11-12,14-16H2,1H3,(H2,21,23,24). The van der Waals surface area contributed by atoms with Crippen molar-refractivity contribution in [1.82, 2.24) is 20.5 Å². The van der Waals surface area contributed by atoms with Gasteiger partial charge in [-0.15, -0.1) is 11.3 Å². The summed E-state index contributed by atoms with van der Waals surface area (Å²) in [4.78, 5) is 13.0. The first-order valence-electron chi connectivity index (χ1n) is 9.50. The maximum Gasteiger partial charge on any atom is 0.191 e. The lowest BCUT2D eigenvalue weighted by Gasteiger charge is -2.32. The van der Waals surface area contributed by atoms with Crippen molar-refractivity contribution in [2.45, 2.75) is 32.9 Å². The molecule has 0 saturated carbocycles. The molecule has 6 heteroatoms. The van der Waals surface area contributed by atoms with E-state index in [1.54, 1.807) is 0 Å². The molecule has 0 bridgehead atoms. The Hall–Kier alpha value is -1.92. The average Bonchev–Trinajstić information content (AvgIpc) is 3.19. The van der Waals surface area contributed by atoms with Crippen LogP contribution in [-0.2, 0) is 13.1 Å². The van der Waals surface area contributed by atoms with Gasteiger partial charge in [-0.2, -0.15) is 0 Å². The monoisotopic (exact) mass is 371 g/mol. The lowest BCUT2D eigenvalue weighted by molar-refractivity contribution is 0.179. The van der Waals surface area contributed by atoms with Gasteiger partial charge in [-0.3, -0.25) is 9.88 Å². The van der Waals surface area contributed by atoms with Crippen LogP contribution < -0.4 is 10.6 Å². The van der Waals surface area contributed by atoms with Crippen molar-refractivity contribution in [3.8, 4) is 0 Å². The van der Waals surface area contributed by atoms with Crippen LogP contribution in [-0.4, -0.2) is 42.0 Å². The van der Waals surface area contributed by atoms with Gasteiger partial charge in [-0.25, -0.2) is 4.99 Å². The molecule has 140 valence electrons. The zero-order valence-electron chi connectivity index (χ0n) is 15.5. The zero-order chi connectivity index (χ0) is 18.0. The molecule has 2 aromatic heterocycles. The Morgan fingerprint density at radius 2 is 2.12 bits per heavy atom. The number of guanidine groups is 1. The summed E-state index contributed by atoms with van der Waals surface area (Å²) in [6.07, 6.45) is 4.31. The molecule has 0 aromatic carbocycles. The van der Waals surface area contributed by atoms with E-state index in [9.17, 15) is 0 Å². The summed E-state index contributed by atoms with van der Waals surface area (Å²) in [7, 11) is 0. The highest BCUT2D eigenvalue weighted by atomic mass is 32.1. The second-order valence-corrected chi connectivity index (χ2v) is 7.73. The van der Waals surface area contributed by atoms with Crippen molar-refractivity contribution in [2.24, 2.45) is 10.9 Å². The third kappa shape index (κ3) is 6.11. The van der Waals surface area contributed by atoms with E-state index >= 15 is 0 Å². The number of likely N-dealkylation sites (tertiary alicyclic amines) is 1. The Morgan fingerprint density at radius 3 is 2.81 bits per heavy atom. The van der Waals surface area contributed by atoms with Gasteiger partial charge in [-0.05, 0) is 62.4 Å². The molecule has 0 atom stereocenters. The highest BCUT2D eigenvalue weighted by Crippen LogP contribution is 2.20. The molecule has 0 spiro atoms. The molecular weight excluding hydrogens is 342 g/mol. The van der Waals surface area contributed by atoms with Crippen LogP contribution in [0.4, 0.5) is 0 Å². The molecule has 2 aromatic rings. The van der Waals surface area contributed by atoms with Gasteiger partial charge in [0.05, 0.1) is 12.2 Å². The fourth-order valence-electron chi connectivity index (χ4n) is 3.21. The summed E-state index contributed by atoms with van der Waals surface area (Å²) >= 11 is 1.86. The number of nitrogens with one attached hydrogen (secondary N) is 2. The van der Waals surface area contributed by atoms with Crippen LogP contribution in [0.25, 0.3) is 0 Å². The fraction of sp³-hybridized carbons (Fsp3) is 0.500. The number of aliphatic imine (C=N–C) groups is 1. The largest absolute Gasteiger partial charge is 0.357 e. The summed E-state index contributed by atoms with van der Waals surface area (Å²) in [6.45, 7) is 8.04. The number of nitrogens with zero attached hydrogens (tertiary/aromatic N) is 3. The Labute approximate surface area is 160 Å². The first-order chi connectivity index (χ1) is 12.8. The number of hydrogen-bond donors (Lipinski definition) is 2. The number of hydrogen-bond acceptors (Lipinski definition) is 4. The third-order valence-corrected chi connectivity index (χ3v) is 5.56. The van der Waals surface area contributed by atoms with Gasteiger partial charge in [0.15, 0.2) is 5.96 Å². The zero-order valence-corrected chi connectivity index (χ0v) is 16.3. The normalized spacial score (nSPS) is 16.6. The second kappa shape index (κ2) is 10.3. The van der Waals surface area contributed by atoms with Crippen LogP contribution in [0.3, 0.4) is 0 Å². The summed E-state index contributed by atoms with van der Waals surface area (Å²) in [6, 6.07) is 10.3. The molecule has 3 heterocycles. The summed E-state index contributed by atoms with van der Waals surface area (Å²) < 4.78 is 0. The van der Waals surface area contributed by atoms with Crippen LogP contribution in [0.5, 0.6) is 0 Å². The molecule has 3 rings (SSSR count). The molecular formula is C20H29N5S. The summed E-state index contributed by atoms with van der Waals surface area (Å²) in [5.74, 6) is 1.60. The second-order valence-electron chi connectivity index (χ2n) is 6.70. The molecule has 26 heavy (non-hydrogen) atoms. The van der Waals surface area contributed by atoms with Crippen molar-refractivity contribution in [2.75, 3.05) is 26.2 Å². The highest BCUT2D eigenvalue weighted by Gasteiger charge is 2.19. The minimum atomic E-state index is 0.607. The van der Waals surface area contributed by atoms with Gasteiger partial charge in [0, 0.05) is 30.7 Å². The molecule has 2 N–H and O–H groups in total. The number of pyridine rings is 1. The van der Waals surface area contributed by atoms with Gasteiger partial charge in [-0.1, -0.05) is 12.1 Å². The molecule has 0 amide bonds. The Balaban J connectivity index is 1.41. The first-order valence-corrected chi connectivity index (χ1v) is 10.4. The van der Waals surface area contributed by atoms with Crippen LogP contribution >= 0.6 is 11.3 Å². The summed E-state index contributed by atoms with van der Waals surface area (Å²) in [5, 5.41) is 9.01. The molecule has 1 aliphatic rings. The van der Waals surface area contributed by atoms with Crippen molar-refractivity contribution >= 4 is 17.3 Å². The van der Waals surface area contributed by atoms with E-state index in [2.05, 4.69) is 49.9 Å². The number of rotatable bonds is 7. The maximum atomic E-state index is 4.66. The Kier molecular flexibility index (Phi) is 7.46. The minimum absolute atomic E-state index is 0.607. The predicted molar refractivity (Wildman–Crippen MR) is 109 cm³/mol. The molecule has 0 aliphatic carbocycles. The highest BCUT2D eigenvalue weighted by molar-refractivity contribution is 7.09. The molecule has 0 unspecified atom stereocenters. The third-order valence-electron chi connectivity index (χ3n) is 4.69. The van der Waals surface area contributed by atoms with Gasteiger partial charge in [0.1, 0.15) is 0 Å². The lowest BCUT2D eigenvalue weighted by atomic mass is 9.97. The minimum Gasteiger partial charge on any atom is -0.357 e. The molecule has 5 nitrogen and oxygen atoms in total. The van der Waals surface area contributed by atoms with Crippen molar-refractivity contribution < 1.29 is 0 Å². The fourth-order valence-corrected chi connectivity index (χ4v) is 3.95. The van der Waals surface area contributed by atoms with E-state index in [0.29, 0.717) is 12.5 Å². The van der Waals surface area contributed by atoms with E-state index < -0.39 is 0 Å². The van der Waals surface area contributed by atoms with Crippen molar-refractivity contribution in [3.63, 3.8) is 0 Å². The van der Waals surface area contributed by atoms with Gasteiger partial charge < -0.3 is 10.6 Å². The molecule has 0 radical (unpaired) electrons. The molecule has 1 fully saturated rings. The Bertz CT molecular complexity index is 648. The maximum absolute atomic E-state index is 4.66. The summed E-state index contributed by atoms with van der Waals surface area (Å²) in [5.41, 5.74) is 0.992. The molecule has 1 aliphatic heterocycles. The molecule has 1 saturated heterocycles. The van der Waals surface area contributed by atoms with Crippen LogP contribution in [0.15, 0.2) is 46.9 Å². The van der Waals surface area contributed by atoms with E-state index in [-0.39, 0.29) is 0 Å². The SMILES string of the molecule is CCNC(=NCc1ccccn1)NCC1CCN(Cc2cccs2)CC1. The van der Waals surface area contributed by atoms with Gasteiger partial charge in [0.2, 0.25) is 0 Å². The van der Waals surface area contributed by atoms with Gasteiger partial charge in [0.25, 0.3) is 0 Å². The first kappa shape index (κ1) is 18.9. The van der Waals surface area contributed by atoms with E-state index in [1.807, 2.05) is 35.7 Å². The van der Waals surface area contributed by atoms with Crippen molar-refractivity contribution in [1.29, 1.82) is 0 Å². The Morgan fingerprint density at radius 1 is 1.23 bits per heavy atom. The lowest BCUT2D eigenvalue weighted by Crippen LogP contribution is -2.42. The van der Waals surface area contributed by atoms with Crippen molar-refractivity contribution in [3.05, 3.63) is 52.5 Å². The number of thiophene rings is 1. The topological polar surface area (TPSA) is 52.6 Å². The van der Waals surface area contributed by atoms with Crippen LogP contribution in [0, 0.1) is 5.92 Å². The van der Waals surface area contributed by atoms with E-state index in [4.69, 9.17) is 0 Å². The van der Waals surface area contributed by atoms with Crippen LogP contribution in [0.2, 0.25) is 0 Å². The average molecular weight is 372 g/mol. The number of aromatic nitrogens is 1. The number of piperidine rings is 1. The van der Waals surface area contributed by atoms with E-state index in [0.717, 1.165) is 31.3 Å². The van der Waals surface area contributed by atoms with Gasteiger partial charge >= 0.3 is 0 Å². The van der Waals surface area contributed by atoms with E-state index in [1.165, 1.54) is 30.8 Å². The van der Waals surface area contributed by atoms with Crippen LogP contribution in [0.1, 0.15) is 30.3 Å².